The van der Waals surface area contributed by atoms with Gasteiger partial charge in [-0.25, -0.2) is 9.18 Å². The minimum atomic E-state index is -0.756. The highest BCUT2D eigenvalue weighted by molar-refractivity contribution is 5.91. The Morgan fingerprint density at radius 2 is 2.00 bits per heavy atom. The number of nitrogens with zero attached hydrogens (tertiary/aromatic N) is 1. The Labute approximate surface area is 163 Å². The molecule has 0 saturated carbocycles. The first-order valence-electron chi connectivity index (χ1n) is 9.11. The molecule has 0 aliphatic carbocycles. The Morgan fingerprint density at radius 3 is 2.71 bits per heavy atom. The quantitative estimate of drug-likeness (QED) is 0.740. The van der Waals surface area contributed by atoms with Gasteiger partial charge in [0.15, 0.2) is 18.2 Å². The van der Waals surface area contributed by atoms with Crippen molar-refractivity contribution in [2.24, 2.45) is 0 Å². The zero-order valence-corrected chi connectivity index (χ0v) is 15.7. The molecule has 1 amide bonds. The second-order valence-electron chi connectivity index (χ2n) is 6.70. The van der Waals surface area contributed by atoms with Gasteiger partial charge in [0.25, 0.3) is 5.91 Å². The first-order valence-corrected chi connectivity index (χ1v) is 9.11. The molecule has 1 atom stereocenters. The number of halogens is 1. The van der Waals surface area contributed by atoms with E-state index in [1.807, 2.05) is 18.2 Å². The van der Waals surface area contributed by atoms with Gasteiger partial charge in [-0.1, -0.05) is 30.3 Å². The molecule has 1 aliphatic rings. The number of esters is 1. The number of rotatable bonds is 7. The molecule has 148 valence electrons. The van der Waals surface area contributed by atoms with Crippen molar-refractivity contribution in [3.63, 3.8) is 0 Å². The highest BCUT2D eigenvalue weighted by atomic mass is 19.1. The molecular weight excluding hydrogens is 363 g/mol. The Kier molecular flexibility index (Phi) is 6.60. The molecule has 1 aliphatic heterocycles. The van der Waals surface area contributed by atoms with Crippen molar-refractivity contribution >= 4 is 11.9 Å². The smallest absolute Gasteiger partial charge is 0.338 e. The van der Waals surface area contributed by atoms with Gasteiger partial charge in [-0.15, -0.1) is 0 Å². The van der Waals surface area contributed by atoms with Crippen LogP contribution in [-0.2, 0) is 16.1 Å². The highest BCUT2D eigenvalue weighted by Gasteiger charge is 2.24. The molecule has 0 spiro atoms. The van der Waals surface area contributed by atoms with Gasteiger partial charge in [-0.3, -0.25) is 9.69 Å². The molecular formula is C21H23FN2O4. The Hall–Kier alpha value is -2.93. The lowest BCUT2D eigenvalue weighted by atomic mass is 10.2. The van der Waals surface area contributed by atoms with Gasteiger partial charge in [0.1, 0.15) is 0 Å². The summed E-state index contributed by atoms with van der Waals surface area (Å²) in [5.41, 5.74) is 1.26. The van der Waals surface area contributed by atoms with Crippen molar-refractivity contribution in [3.05, 3.63) is 65.5 Å². The Balaban J connectivity index is 1.42. The predicted molar refractivity (Wildman–Crippen MR) is 102 cm³/mol. The highest BCUT2D eigenvalue weighted by Crippen LogP contribution is 2.18. The van der Waals surface area contributed by atoms with E-state index >= 15 is 0 Å². The molecule has 1 saturated heterocycles. The summed E-state index contributed by atoms with van der Waals surface area (Å²) in [4.78, 5) is 26.3. The average Bonchev–Trinajstić information content (AvgIpc) is 3.13. The van der Waals surface area contributed by atoms with E-state index in [9.17, 15) is 14.0 Å². The summed E-state index contributed by atoms with van der Waals surface area (Å²) in [6, 6.07) is 13.9. The Morgan fingerprint density at radius 1 is 1.21 bits per heavy atom. The fraction of sp³-hybridized carbons (Fsp3) is 0.333. The molecule has 1 unspecified atom stereocenters. The van der Waals surface area contributed by atoms with Crippen LogP contribution in [0.4, 0.5) is 4.39 Å². The summed E-state index contributed by atoms with van der Waals surface area (Å²) in [6.45, 7) is 2.08. The predicted octanol–water partition coefficient (Wildman–Crippen LogP) is 2.38. The molecule has 28 heavy (non-hydrogen) atoms. The second-order valence-corrected chi connectivity index (χ2v) is 6.70. The van der Waals surface area contributed by atoms with Gasteiger partial charge in [-0.2, -0.15) is 0 Å². The number of hydrogen-bond acceptors (Lipinski definition) is 5. The SMILES string of the molecule is COc1ccc(C(=O)OCC(=O)NC2CCN(Cc3ccccc3)C2)cc1F. The zero-order chi connectivity index (χ0) is 19.9. The van der Waals surface area contributed by atoms with Crippen molar-refractivity contribution < 1.29 is 23.5 Å². The monoisotopic (exact) mass is 386 g/mol. The van der Waals surface area contributed by atoms with Crippen LogP contribution in [0.25, 0.3) is 0 Å². The summed E-state index contributed by atoms with van der Waals surface area (Å²) in [6.07, 6.45) is 0.843. The maximum atomic E-state index is 13.7. The molecule has 1 fully saturated rings. The van der Waals surface area contributed by atoms with Crippen molar-refractivity contribution in [2.75, 3.05) is 26.8 Å². The van der Waals surface area contributed by atoms with E-state index in [-0.39, 0.29) is 23.3 Å². The van der Waals surface area contributed by atoms with Gasteiger partial charge < -0.3 is 14.8 Å². The molecule has 0 radical (unpaired) electrons. The van der Waals surface area contributed by atoms with Gasteiger partial charge in [0.05, 0.1) is 12.7 Å². The van der Waals surface area contributed by atoms with Gasteiger partial charge >= 0.3 is 5.97 Å². The maximum absolute atomic E-state index is 13.7. The number of ether oxygens (including phenoxy) is 2. The third kappa shape index (κ3) is 5.29. The first-order chi connectivity index (χ1) is 13.5. The second kappa shape index (κ2) is 9.32. The molecule has 0 bridgehead atoms. The van der Waals surface area contributed by atoms with E-state index in [1.165, 1.54) is 24.8 Å². The van der Waals surface area contributed by atoms with E-state index in [2.05, 4.69) is 22.3 Å². The number of carbonyl (C=O) groups excluding carboxylic acids is 2. The Bertz CT molecular complexity index is 828. The minimum absolute atomic E-state index is 0.0216. The van der Waals surface area contributed by atoms with E-state index < -0.39 is 18.4 Å². The van der Waals surface area contributed by atoms with Crippen LogP contribution >= 0.6 is 0 Å². The number of likely N-dealkylation sites (tertiary alicyclic amines) is 1. The molecule has 3 rings (SSSR count). The number of hydrogen-bond donors (Lipinski definition) is 1. The van der Waals surface area contributed by atoms with Crippen LogP contribution in [0.5, 0.6) is 5.75 Å². The topological polar surface area (TPSA) is 67.9 Å². The van der Waals surface area contributed by atoms with Crippen molar-refractivity contribution in [2.45, 2.75) is 19.0 Å². The largest absolute Gasteiger partial charge is 0.494 e. The van der Waals surface area contributed by atoms with E-state index in [4.69, 9.17) is 9.47 Å². The van der Waals surface area contributed by atoms with Crippen LogP contribution in [0.15, 0.2) is 48.5 Å². The molecule has 2 aromatic rings. The average molecular weight is 386 g/mol. The lowest BCUT2D eigenvalue weighted by molar-refractivity contribution is -0.124. The van der Waals surface area contributed by atoms with E-state index in [0.717, 1.165) is 32.1 Å². The number of carbonyl (C=O) groups is 2. The van der Waals surface area contributed by atoms with E-state index in [1.54, 1.807) is 0 Å². The fourth-order valence-corrected chi connectivity index (χ4v) is 3.21. The molecule has 2 aromatic carbocycles. The van der Waals surface area contributed by atoms with Crippen LogP contribution in [0.3, 0.4) is 0 Å². The maximum Gasteiger partial charge on any atom is 0.338 e. The van der Waals surface area contributed by atoms with Crippen molar-refractivity contribution in [1.82, 2.24) is 10.2 Å². The van der Waals surface area contributed by atoms with Crippen LogP contribution < -0.4 is 10.1 Å². The van der Waals surface area contributed by atoms with E-state index in [0.29, 0.717) is 0 Å². The van der Waals surface area contributed by atoms with Crippen molar-refractivity contribution in [3.8, 4) is 5.75 Å². The van der Waals surface area contributed by atoms with Crippen LogP contribution in [0.1, 0.15) is 22.3 Å². The minimum Gasteiger partial charge on any atom is -0.494 e. The molecule has 1 heterocycles. The van der Waals surface area contributed by atoms with Gasteiger partial charge in [-0.05, 0) is 30.2 Å². The standard InChI is InChI=1S/C21H23FN2O4/c1-27-19-8-7-16(11-18(19)22)21(26)28-14-20(25)23-17-9-10-24(13-17)12-15-5-3-2-4-6-15/h2-8,11,17H,9-10,12-14H2,1H3,(H,23,25). The molecule has 7 heteroatoms. The summed E-state index contributed by atoms with van der Waals surface area (Å²) < 4.78 is 23.4. The molecule has 0 aromatic heterocycles. The first kappa shape index (κ1) is 19.8. The third-order valence-corrected chi connectivity index (χ3v) is 4.61. The zero-order valence-electron chi connectivity index (χ0n) is 15.7. The van der Waals surface area contributed by atoms with Crippen molar-refractivity contribution in [1.29, 1.82) is 0 Å². The van der Waals surface area contributed by atoms with Crippen LogP contribution in [-0.4, -0.2) is 49.6 Å². The van der Waals surface area contributed by atoms with Crippen LogP contribution in [0.2, 0.25) is 0 Å². The third-order valence-electron chi connectivity index (χ3n) is 4.61. The molecule has 6 nitrogen and oxygen atoms in total. The normalized spacial score (nSPS) is 16.6. The summed E-state index contributed by atoms with van der Waals surface area (Å²) in [7, 11) is 1.34. The molecule has 1 N–H and O–H groups in total. The number of methoxy groups -OCH3 is 1. The summed E-state index contributed by atoms with van der Waals surface area (Å²) >= 11 is 0. The fourth-order valence-electron chi connectivity index (χ4n) is 3.21. The number of nitrogens with one attached hydrogen (secondary N) is 1. The summed E-state index contributed by atoms with van der Waals surface area (Å²) in [5, 5.41) is 2.88. The summed E-state index contributed by atoms with van der Waals surface area (Å²) in [5.74, 6) is -1.75. The number of amides is 1. The van der Waals surface area contributed by atoms with Gasteiger partial charge in [0, 0.05) is 25.7 Å². The van der Waals surface area contributed by atoms with Gasteiger partial charge in [0.2, 0.25) is 0 Å². The lowest BCUT2D eigenvalue weighted by Crippen LogP contribution is -2.39. The number of benzene rings is 2. The lowest BCUT2D eigenvalue weighted by Gasteiger charge is -2.16. The van der Waals surface area contributed by atoms with Crippen LogP contribution in [0, 0.1) is 5.82 Å².